The Balaban J connectivity index is 1.86. The van der Waals surface area contributed by atoms with Gasteiger partial charge in [0.15, 0.2) is 0 Å². The lowest BCUT2D eigenvalue weighted by molar-refractivity contribution is 0.0878. The minimum absolute atomic E-state index is 0.263. The summed E-state index contributed by atoms with van der Waals surface area (Å²) in [5, 5.41) is 4.85. The number of fused-ring (bicyclic) bond motifs is 1. The van der Waals surface area contributed by atoms with Crippen molar-refractivity contribution in [3.8, 4) is 0 Å². The van der Waals surface area contributed by atoms with Gasteiger partial charge in [-0.05, 0) is 30.3 Å². The molecule has 6 heteroatoms. The normalized spacial score (nSPS) is 12.8. The lowest BCUT2D eigenvalue weighted by Gasteiger charge is -2.05. The predicted molar refractivity (Wildman–Crippen MR) is 70.4 cm³/mol. The van der Waals surface area contributed by atoms with E-state index in [4.69, 9.17) is 0 Å². The number of nitrogens with one attached hydrogen (secondary N) is 2. The molecule has 1 aromatic heterocycles. The maximum atomic E-state index is 11.9. The molecule has 0 spiro atoms. The third-order valence-electron chi connectivity index (χ3n) is 2.92. The molecule has 0 aliphatic carbocycles. The zero-order chi connectivity index (χ0) is 14.1. The Labute approximate surface area is 113 Å². The highest BCUT2D eigenvalue weighted by Crippen LogP contribution is 2.20. The third kappa shape index (κ3) is 2.03. The number of nitrogens with zero attached hydrogens (tertiary/aromatic N) is 1. The Hall–Kier alpha value is -3.02. The Morgan fingerprint density at radius 1 is 1.10 bits per heavy atom. The fraction of sp³-hybridized carbons (Fsp3) is 0. The number of benzene rings is 1. The molecule has 2 N–H and O–H groups in total. The van der Waals surface area contributed by atoms with Crippen LogP contribution in [0.4, 0.5) is 5.69 Å². The molecule has 20 heavy (non-hydrogen) atoms. The van der Waals surface area contributed by atoms with Crippen LogP contribution in [-0.4, -0.2) is 22.7 Å². The molecule has 3 rings (SSSR count). The number of hydrogen-bond acceptors (Lipinski definition) is 4. The summed E-state index contributed by atoms with van der Waals surface area (Å²) in [6, 6.07) is 7.85. The van der Waals surface area contributed by atoms with Gasteiger partial charge in [0.2, 0.25) is 0 Å². The predicted octanol–water partition coefficient (Wildman–Crippen LogP) is 1.22. The van der Waals surface area contributed by atoms with Gasteiger partial charge in [-0.2, -0.15) is 0 Å². The van der Waals surface area contributed by atoms with Crippen molar-refractivity contribution < 1.29 is 14.4 Å². The molecule has 0 atom stereocenters. The molecule has 1 aliphatic rings. The number of hydrogen-bond donors (Lipinski definition) is 2. The van der Waals surface area contributed by atoms with Gasteiger partial charge in [-0.3, -0.25) is 24.7 Å². The zero-order valence-electron chi connectivity index (χ0n) is 10.2. The molecule has 2 heterocycles. The quantitative estimate of drug-likeness (QED) is 0.801. The molecule has 3 amide bonds. The van der Waals surface area contributed by atoms with Crippen molar-refractivity contribution in [2.24, 2.45) is 0 Å². The average molecular weight is 267 g/mol. The first-order valence-electron chi connectivity index (χ1n) is 5.86. The maximum Gasteiger partial charge on any atom is 0.259 e. The topological polar surface area (TPSA) is 88.2 Å². The van der Waals surface area contributed by atoms with Crippen LogP contribution in [0.3, 0.4) is 0 Å². The summed E-state index contributed by atoms with van der Waals surface area (Å²) < 4.78 is 0. The molecular formula is C14H9N3O3. The first-order valence-corrected chi connectivity index (χ1v) is 5.86. The Kier molecular flexibility index (Phi) is 2.76. The van der Waals surface area contributed by atoms with E-state index in [9.17, 15) is 14.4 Å². The minimum atomic E-state index is -0.456. The van der Waals surface area contributed by atoms with Crippen LogP contribution in [0.1, 0.15) is 31.1 Å². The van der Waals surface area contributed by atoms with E-state index < -0.39 is 11.8 Å². The van der Waals surface area contributed by atoms with Gasteiger partial charge < -0.3 is 5.32 Å². The maximum absolute atomic E-state index is 11.9. The Morgan fingerprint density at radius 2 is 1.90 bits per heavy atom. The van der Waals surface area contributed by atoms with Crippen LogP contribution < -0.4 is 10.6 Å². The fourth-order valence-corrected chi connectivity index (χ4v) is 1.95. The van der Waals surface area contributed by atoms with Gasteiger partial charge in [0.1, 0.15) is 0 Å². The summed E-state index contributed by atoms with van der Waals surface area (Å²) in [5.74, 6) is -1.21. The smallest absolute Gasteiger partial charge is 0.259 e. The molecule has 98 valence electrons. The summed E-state index contributed by atoms with van der Waals surface area (Å²) in [5.41, 5.74) is 1.43. The van der Waals surface area contributed by atoms with Gasteiger partial charge >= 0.3 is 0 Å². The highest BCUT2D eigenvalue weighted by atomic mass is 16.2. The van der Waals surface area contributed by atoms with Crippen LogP contribution in [0, 0.1) is 0 Å². The minimum Gasteiger partial charge on any atom is -0.322 e. The monoisotopic (exact) mass is 267 g/mol. The van der Waals surface area contributed by atoms with Crippen LogP contribution in [0.5, 0.6) is 0 Å². The van der Waals surface area contributed by atoms with Crippen molar-refractivity contribution in [2.75, 3.05) is 5.32 Å². The second-order valence-electron chi connectivity index (χ2n) is 4.24. The third-order valence-corrected chi connectivity index (χ3v) is 2.92. The van der Waals surface area contributed by atoms with Crippen molar-refractivity contribution in [3.05, 3.63) is 59.4 Å². The molecule has 0 bridgehead atoms. The number of carbonyl (C=O) groups excluding carboxylic acids is 3. The van der Waals surface area contributed by atoms with Gasteiger partial charge in [0.25, 0.3) is 17.7 Å². The van der Waals surface area contributed by atoms with E-state index in [0.717, 1.165) is 0 Å². The van der Waals surface area contributed by atoms with E-state index in [1.165, 1.54) is 18.3 Å². The highest BCUT2D eigenvalue weighted by molar-refractivity contribution is 6.22. The van der Waals surface area contributed by atoms with E-state index in [1.54, 1.807) is 24.4 Å². The number of amides is 3. The zero-order valence-corrected chi connectivity index (χ0v) is 10.2. The molecule has 0 saturated carbocycles. The second kappa shape index (κ2) is 4.58. The van der Waals surface area contributed by atoms with Crippen LogP contribution in [0.2, 0.25) is 0 Å². The largest absolute Gasteiger partial charge is 0.322 e. The lowest BCUT2D eigenvalue weighted by atomic mass is 10.1. The molecule has 1 aliphatic heterocycles. The molecule has 0 radical (unpaired) electrons. The molecule has 6 nitrogen and oxygen atoms in total. The molecule has 0 fully saturated rings. The van der Waals surface area contributed by atoms with Crippen molar-refractivity contribution in [1.82, 2.24) is 10.3 Å². The fourth-order valence-electron chi connectivity index (χ4n) is 1.95. The van der Waals surface area contributed by atoms with E-state index in [-0.39, 0.29) is 11.5 Å². The van der Waals surface area contributed by atoms with Crippen LogP contribution in [0.25, 0.3) is 0 Å². The van der Waals surface area contributed by atoms with Gasteiger partial charge in [0, 0.05) is 18.1 Å². The summed E-state index contributed by atoms with van der Waals surface area (Å²) in [6.07, 6.45) is 3.01. The van der Waals surface area contributed by atoms with Gasteiger partial charge in [-0.15, -0.1) is 0 Å². The summed E-state index contributed by atoms with van der Waals surface area (Å²) in [7, 11) is 0. The summed E-state index contributed by atoms with van der Waals surface area (Å²) in [4.78, 5) is 38.7. The number of anilines is 1. The standard InChI is InChI=1S/C14H9N3O3/c18-12(8-2-1-5-15-7-8)16-9-3-4-10-11(6-9)14(20)17-13(10)19/h1-7H,(H,16,18)(H,17,19,20). The van der Waals surface area contributed by atoms with Crippen molar-refractivity contribution in [3.63, 3.8) is 0 Å². The van der Waals surface area contributed by atoms with E-state index >= 15 is 0 Å². The van der Waals surface area contributed by atoms with Crippen LogP contribution in [-0.2, 0) is 0 Å². The van der Waals surface area contributed by atoms with E-state index in [0.29, 0.717) is 16.8 Å². The van der Waals surface area contributed by atoms with Gasteiger partial charge in [-0.1, -0.05) is 0 Å². The first-order chi connectivity index (χ1) is 9.65. The van der Waals surface area contributed by atoms with Crippen molar-refractivity contribution in [2.45, 2.75) is 0 Å². The van der Waals surface area contributed by atoms with Crippen molar-refractivity contribution in [1.29, 1.82) is 0 Å². The highest BCUT2D eigenvalue weighted by Gasteiger charge is 2.26. The summed E-state index contributed by atoms with van der Waals surface area (Å²) >= 11 is 0. The number of imide groups is 1. The lowest BCUT2D eigenvalue weighted by Crippen LogP contribution is -2.19. The number of aromatic nitrogens is 1. The molecule has 0 saturated heterocycles. The molecular weight excluding hydrogens is 258 g/mol. The van der Waals surface area contributed by atoms with E-state index in [1.807, 2.05) is 0 Å². The second-order valence-corrected chi connectivity index (χ2v) is 4.24. The Morgan fingerprint density at radius 3 is 2.65 bits per heavy atom. The van der Waals surface area contributed by atoms with Gasteiger partial charge in [0.05, 0.1) is 16.7 Å². The van der Waals surface area contributed by atoms with E-state index in [2.05, 4.69) is 15.6 Å². The summed E-state index contributed by atoms with van der Waals surface area (Å²) in [6.45, 7) is 0. The molecule has 2 aromatic rings. The first kappa shape index (κ1) is 12.0. The molecule has 1 aromatic carbocycles. The number of pyridine rings is 1. The molecule has 0 unspecified atom stereocenters. The van der Waals surface area contributed by atoms with Crippen molar-refractivity contribution >= 4 is 23.4 Å². The van der Waals surface area contributed by atoms with Crippen LogP contribution in [0.15, 0.2) is 42.7 Å². The average Bonchev–Trinajstić information content (AvgIpc) is 2.75. The number of carbonyl (C=O) groups is 3. The number of rotatable bonds is 2. The van der Waals surface area contributed by atoms with Crippen LogP contribution >= 0.6 is 0 Å². The Bertz CT molecular complexity index is 726. The SMILES string of the molecule is O=C(Nc1ccc2c(c1)C(=O)NC2=O)c1cccnc1. The van der Waals surface area contributed by atoms with Gasteiger partial charge in [-0.25, -0.2) is 0 Å².